The molecule has 0 rings (SSSR count). The number of hydrogen-bond acceptors (Lipinski definition) is 2. The molecule has 0 aliphatic carbocycles. The minimum atomic E-state index is 0.267. The van der Waals surface area contributed by atoms with Crippen molar-refractivity contribution in [3.63, 3.8) is 0 Å². The van der Waals surface area contributed by atoms with Gasteiger partial charge < -0.3 is 4.90 Å². The summed E-state index contributed by atoms with van der Waals surface area (Å²) in [6.45, 7) is 7.65. The molecule has 0 radical (unpaired) electrons. The molecule has 0 unspecified atom stereocenters. The molecule has 0 spiro atoms. The van der Waals surface area contributed by atoms with Gasteiger partial charge in [-0.15, -0.1) is 0 Å². The van der Waals surface area contributed by atoms with E-state index in [1.807, 2.05) is 20.2 Å². The lowest BCUT2D eigenvalue weighted by molar-refractivity contribution is -0.115. The van der Waals surface area contributed by atoms with E-state index in [2.05, 4.69) is 25.7 Å². The smallest absolute Gasteiger partial charge is 0.155 e. The average Bonchev–Trinajstić information content (AvgIpc) is 2.32. The molecule has 2 heteroatoms. The largest absolute Gasteiger partial charge is 0.306 e. The second-order valence-corrected chi connectivity index (χ2v) is 6.61. The minimum Gasteiger partial charge on any atom is -0.306 e. The molecule has 0 aliphatic heterocycles. The first-order chi connectivity index (χ1) is 8.87. The molecule has 0 heterocycles. The number of unbranched alkanes of at least 4 members (excludes halogenated alkanes) is 3. The lowest BCUT2D eigenvalue weighted by atomic mass is 9.82. The van der Waals surface area contributed by atoms with Gasteiger partial charge in [0.25, 0.3) is 0 Å². The normalized spacial score (nSPS) is 12.5. The van der Waals surface area contributed by atoms with E-state index in [4.69, 9.17) is 0 Å². The number of ketones is 1. The Labute approximate surface area is 120 Å². The quantitative estimate of drug-likeness (QED) is 0.407. The molecule has 19 heavy (non-hydrogen) atoms. The number of nitrogens with zero attached hydrogens (tertiary/aromatic N) is 1. The summed E-state index contributed by atoms with van der Waals surface area (Å²) in [7, 11) is 4.02. The lowest BCUT2D eigenvalue weighted by Crippen LogP contribution is -2.14. The Morgan fingerprint density at radius 3 is 2.37 bits per heavy atom. The Bertz CT molecular complexity index is 266. The van der Waals surface area contributed by atoms with Crippen molar-refractivity contribution in [3.05, 3.63) is 12.2 Å². The molecule has 0 aromatic rings. The van der Waals surface area contributed by atoms with Gasteiger partial charge in [-0.3, -0.25) is 4.79 Å². The van der Waals surface area contributed by atoms with E-state index in [-0.39, 0.29) is 5.78 Å². The highest BCUT2D eigenvalue weighted by molar-refractivity contribution is 5.89. The monoisotopic (exact) mass is 267 g/mol. The van der Waals surface area contributed by atoms with Crippen LogP contribution in [0.2, 0.25) is 0 Å². The number of carbonyl (C=O) groups excluding carboxylic acids is 1. The molecule has 0 saturated carbocycles. The summed E-state index contributed by atoms with van der Waals surface area (Å²) in [5, 5.41) is 0. The second-order valence-electron chi connectivity index (χ2n) is 6.61. The van der Waals surface area contributed by atoms with Gasteiger partial charge in [0.05, 0.1) is 0 Å². The highest BCUT2D eigenvalue weighted by atomic mass is 16.1. The van der Waals surface area contributed by atoms with Gasteiger partial charge in [-0.1, -0.05) is 52.5 Å². The molecule has 0 aliphatic rings. The predicted molar refractivity (Wildman–Crippen MR) is 84.5 cm³/mol. The van der Waals surface area contributed by atoms with Crippen molar-refractivity contribution < 1.29 is 4.79 Å². The number of hydrogen-bond donors (Lipinski definition) is 0. The van der Waals surface area contributed by atoms with Crippen molar-refractivity contribution in [3.8, 4) is 0 Å². The molecular weight excluding hydrogens is 234 g/mol. The Morgan fingerprint density at radius 2 is 1.79 bits per heavy atom. The third-order valence-corrected chi connectivity index (χ3v) is 3.53. The van der Waals surface area contributed by atoms with E-state index < -0.39 is 0 Å². The van der Waals surface area contributed by atoms with E-state index in [0.717, 1.165) is 13.0 Å². The number of rotatable bonds is 11. The van der Waals surface area contributed by atoms with Gasteiger partial charge in [-0.25, -0.2) is 0 Å². The third-order valence-electron chi connectivity index (χ3n) is 3.53. The standard InChI is InChI=1S/C17H33NO/c1-6-7-8-9-13-17(2,3)14-12-16(19)11-10-15-18(4)5/h10-11H,6-9,12-15H2,1-5H3/b11-10+. The first kappa shape index (κ1) is 18.4. The van der Waals surface area contributed by atoms with Crippen LogP contribution in [0.3, 0.4) is 0 Å². The van der Waals surface area contributed by atoms with Crippen LogP contribution < -0.4 is 0 Å². The molecular formula is C17H33NO. The Balaban J connectivity index is 3.82. The summed E-state index contributed by atoms with van der Waals surface area (Å²) in [6, 6.07) is 0. The van der Waals surface area contributed by atoms with E-state index in [0.29, 0.717) is 11.8 Å². The van der Waals surface area contributed by atoms with Crippen molar-refractivity contribution in [2.45, 2.75) is 65.7 Å². The van der Waals surface area contributed by atoms with Gasteiger partial charge in [0.2, 0.25) is 0 Å². The van der Waals surface area contributed by atoms with Crippen molar-refractivity contribution in [2.75, 3.05) is 20.6 Å². The molecule has 0 aromatic carbocycles. The topological polar surface area (TPSA) is 20.3 Å². The fourth-order valence-corrected chi connectivity index (χ4v) is 2.10. The van der Waals surface area contributed by atoms with Crippen LogP contribution >= 0.6 is 0 Å². The fraction of sp³-hybridized carbons (Fsp3) is 0.824. The van der Waals surface area contributed by atoms with Crippen LogP contribution in [-0.2, 0) is 4.79 Å². The van der Waals surface area contributed by atoms with Gasteiger partial charge in [-0.2, -0.15) is 0 Å². The summed E-state index contributed by atoms with van der Waals surface area (Å²) in [5.74, 6) is 0.267. The third kappa shape index (κ3) is 12.2. The highest BCUT2D eigenvalue weighted by Crippen LogP contribution is 2.29. The molecule has 112 valence electrons. The lowest BCUT2D eigenvalue weighted by Gasteiger charge is -2.24. The van der Waals surface area contributed by atoms with Crippen LogP contribution in [0.25, 0.3) is 0 Å². The van der Waals surface area contributed by atoms with Crippen LogP contribution in [0.5, 0.6) is 0 Å². The Kier molecular flexibility index (Phi) is 9.85. The van der Waals surface area contributed by atoms with Crippen molar-refractivity contribution >= 4 is 5.78 Å². The number of allylic oxidation sites excluding steroid dienone is 1. The summed E-state index contributed by atoms with van der Waals surface area (Å²) in [4.78, 5) is 13.8. The van der Waals surface area contributed by atoms with E-state index >= 15 is 0 Å². The van der Waals surface area contributed by atoms with Gasteiger partial charge in [0.15, 0.2) is 5.78 Å². The Hall–Kier alpha value is -0.630. The van der Waals surface area contributed by atoms with Crippen LogP contribution in [0, 0.1) is 5.41 Å². The molecule has 0 N–H and O–H groups in total. The number of carbonyl (C=O) groups is 1. The van der Waals surface area contributed by atoms with Gasteiger partial charge >= 0.3 is 0 Å². The molecule has 0 atom stereocenters. The van der Waals surface area contributed by atoms with Gasteiger partial charge in [-0.05, 0) is 38.4 Å². The van der Waals surface area contributed by atoms with E-state index in [1.54, 1.807) is 6.08 Å². The van der Waals surface area contributed by atoms with E-state index in [1.165, 1.54) is 32.1 Å². The van der Waals surface area contributed by atoms with E-state index in [9.17, 15) is 4.79 Å². The predicted octanol–water partition coefficient (Wildman–Crippen LogP) is 4.45. The molecule has 2 nitrogen and oxygen atoms in total. The average molecular weight is 267 g/mol. The van der Waals surface area contributed by atoms with Crippen LogP contribution in [0.15, 0.2) is 12.2 Å². The fourth-order valence-electron chi connectivity index (χ4n) is 2.10. The van der Waals surface area contributed by atoms with Crippen LogP contribution in [-0.4, -0.2) is 31.3 Å². The molecule has 0 bridgehead atoms. The second kappa shape index (κ2) is 10.2. The Morgan fingerprint density at radius 1 is 1.11 bits per heavy atom. The zero-order valence-electron chi connectivity index (χ0n) is 13.7. The van der Waals surface area contributed by atoms with Crippen molar-refractivity contribution in [1.29, 1.82) is 0 Å². The maximum atomic E-state index is 11.7. The zero-order chi connectivity index (χ0) is 14.7. The maximum Gasteiger partial charge on any atom is 0.155 e. The summed E-state index contributed by atoms with van der Waals surface area (Å²) in [5.41, 5.74) is 0.304. The summed E-state index contributed by atoms with van der Waals surface area (Å²) in [6.07, 6.45) is 11.9. The highest BCUT2D eigenvalue weighted by Gasteiger charge is 2.17. The van der Waals surface area contributed by atoms with Crippen molar-refractivity contribution in [1.82, 2.24) is 4.90 Å². The van der Waals surface area contributed by atoms with Crippen LogP contribution in [0.4, 0.5) is 0 Å². The summed E-state index contributed by atoms with van der Waals surface area (Å²) >= 11 is 0. The van der Waals surface area contributed by atoms with Gasteiger partial charge in [0.1, 0.15) is 0 Å². The SMILES string of the molecule is CCCCCCC(C)(C)CCC(=O)/C=C/CN(C)C. The van der Waals surface area contributed by atoms with Crippen molar-refractivity contribution in [2.24, 2.45) is 5.41 Å². The number of likely N-dealkylation sites (N-methyl/N-ethyl adjacent to an activating group) is 1. The molecule has 0 fully saturated rings. The molecule has 0 aromatic heterocycles. The first-order valence-electron chi connectivity index (χ1n) is 7.71. The van der Waals surface area contributed by atoms with Crippen LogP contribution in [0.1, 0.15) is 65.7 Å². The summed E-state index contributed by atoms with van der Waals surface area (Å²) < 4.78 is 0. The first-order valence-corrected chi connectivity index (χ1v) is 7.71. The molecule has 0 saturated heterocycles. The zero-order valence-corrected chi connectivity index (χ0v) is 13.7. The minimum absolute atomic E-state index is 0.267. The maximum absolute atomic E-state index is 11.7. The van der Waals surface area contributed by atoms with Gasteiger partial charge in [0, 0.05) is 13.0 Å². The molecule has 0 amide bonds.